The molecule has 2 atom stereocenters. The third kappa shape index (κ3) is 7.83. The van der Waals surface area contributed by atoms with Crippen molar-refractivity contribution in [2.24, 2.45) is 20.0 Å². The van der Waals surface area contributed by atoms with Gasteiger partial charge < -0.3 is 9.47 Å². The Hall–Kier alpha value is -3.36. The van der Waals surface area contributed by atoms with Crippen molar-refractivity contribution in [1.29, 1.82) is 0 Å². The molecule has 0 N–H and O–H groups in total. The summed E-state index contributed by atoms with van der Waals surface area (Å²) in [5.74, 6) is -0.218. The van der Waals surface area contributed by atoms with Crippen LogP contribution in [0.4, 0.5) is 0 Å². The molecule has 2 aromatic carbocycles. The topological polar surface area (TPSA) is 102 Å². The Morgan fingerprint density at radius 2 is 1.03 bits per heavy atom. The summed E-state index contributed by atoms with van der Waals surface area (Å²) < 4.78 is 10.7. The van der Waals surface area contributed by atoms with Gasteiger partial charge >= 0.3 is 11.9 Å². The Balaban J connectivity index is 1.14. The summed E-state index contributed by atoms with van der Waals surface area (Å²) in [6.45, 7) is 4.89. The number of hydrogen-bond acceptors (Lipinski definition) is 8. The van der Waals surface area contributed by atoms with Crippen LogP contribution in [0.3, 0.4) is 0 Å². The van der Waals surface area contributed by atoms with Crippen LogP contribution in [-0.4, -0.2) is 60.3 Å². The second-order valence-electron chi connectivity index (χ2n) is 9.34. The van der Waals surface area contributed by atoms with Crippen LogP contribution in [-0.2, 0) is 19.1 Å². The Labute approximate surface area is 237 Å². The van der Waals surface area contributed by atoms with Gasteiger partial charge in [-0.3, -0.25) is 9.98 Å². The van der Waals surface area contributed by atoms with E-state index in [0.29, 0.717) is 57.5 Å². The number of hydrogen-bond donors (Lipinski definition) is 0. The van der Waals surface area contributed by atoms with Gasteiger partial charge in [-0.15, -0.1) is 0 Å². The van der Waals surface area contributed by atoms with E-state index in [1.807, 2.05) is 13.8 Å². The lowest BCUT2D eigenvalue weighted by Crippen LogP contribution is -2.23. The molecule has 2 unspecified atom stereocenters. The minimum atomic E-state index is -0.694. The number of carbonyl (C=O) groups is 2. The summed E-state index contributed by atoms with van der Waals surface area (Å²) in [5.41, 5.74) is 2.73. The standard InChI is InChI=1S/C29H30Cl2N4O4/c1-18(24-28(36)38-26(34-24)20-8-12-22(30)13-9-20)32-16-6-4-3-5-7-17-33-19(2)25-29(37)39-27(35-25)21-10-14-23(31)15-11-21/h8-15,24-25H,3-7,16-17H2,1-2H3. The fourth-order valence-corrected chi connectivity index (χ4v) is 4.36. The summed E-state index contributed by atoms with van der Waals surface area (Å²) in [6.07, 6.45) is 4.95. The van der Waals surface area contributed by atoms with Crippen molar-refractivity contribution in [2.75, 3.05) is 13.1 Å². The van der Waals surface area contributed by atoms with Crippen molar-refractivity contribution in [3.05, 3.63) is 69.7 Å². The Morgan fingerprint density at radius 1 is 0.667 bits per heavy atom. The van der Waals surface area contributed by atoms with Crippen molar-refractivity contribution >= 4 is 58.4 Å². The molecule has 2 heterocycles. The fraction of sp³-hybridized carbons (Fsp3) is 0.379. The van der Waals surface area contributed by atoms with E-state index >= 15 is 0 Å². The van der Waals surface area contributed by atoms with Crippen LogP contribution < -0.4 is 0 Å². The molecule has 10 heteroatoms. The largest absolute Gasteiger partial charge is 0.405 e. The first-order valence-electron chi connectivity index (χ1n) is 12.9. The third-order valence-electron chi connectivity index (χ3n) is 6.35. The predicted molar refractivity (Wildman–Crippen MR) is 155 cm³/mol. The maximum absolute atomic E-state index is 12.3. The molecular weight excluding hydrogens is 539 g/mol. The van der Waals surface area contributed by atoms with Crippen LogP contribution in [0.15, 0.2) is 68.5 Å². The van der Waals surface area contributed by atoms with Crippen molar-refractivity contribution in [2.45, 2.75) is 58.0 Å². The first-order chi connectivity index (χ1) is 18.8. The molecule has 0 aromatic heterocycles. The number of halogens is 2. The van der Waals surface area contributed by atoms with E-state index in [1.165, 1.54) is 0 Å². The van der Waals surface area contributed by atoms with Gasteiger partial charge in [0.1, 0.15) is 0 Å². The second-order valence-corrected chi connectivity index (χ2v) is 10.2. The first kappa shape index (κ1) is 28.6. The number of cyclic esters (lactones) is 2. The molecule has 2 aliphatic heterocycles. The molecule has 4 rings (SSSR count). The van der Waals surface area contributed by atoms with E-state index in [1.54, 1.807) is 48.5 Å². The average Bonchev–Trinajstić information content (AvgIpc) is 3.51. The highest BCUT2D eigenvalue weighted by Crippen LogP contribution is 2.19. The van der Waals surface area contributed by atoms with Gasteiger partial charge in [0.05, 0.1) is 0 Å². The molecule has 2 aromatic rings. The Bertz CT molecular complexity index is 1220. The fourth-order valence-electron chi connectivity index (χ4n) is 4.11. The maximum atomic E-state index is 12.3. The monoisotopic (exact) mass is 568 g/mol. The molecule has 204 valence electrons. The molecule has 0 saturated heterocycles. The van der Waals surface area contributed by atoms with E-state index in [2.05, 4.69) is 20.0 Å². The van der Waals surface area contributed by atoms with Crippen LogP contribution in [0, 0.1) is 0 Å². The summed E-state index contributed by atoms with van der Waals surface area (Å²) in [4.78, 5) is 42.4. The van der Waals surface area contributed by atoms with Crippen LogP contribution in [0.2, 0.25) is 10.0 Å². The second kappa shape index (κ2) is 13.6. The zero-order valence-corrected chi connectivity index (χ0v) is 23.4. The highest BCUT2D eigenvalue weighted by atomic mass is 35.5. The van der Waals surface area contributed by atoms with Crippen LogP contribution in [0.25, 0.3) is 0 Å². The summed E-state index contributed by atoms with van der Waals surface area (Å²) >= 11 is 11.8. The van der Waals surface area contributed by atoms with Gasteiger partial charge in [-0.2, -0.15) is 0 Å². The van der Waals surface area contributed by atoms with Gasteiger partial charge in [0, 0.05) is 45.7 Å². The lowest BCUT2D eigenvalue weighted by atomic mass is 10.1. The number of benzene rings is 2. The Kier molecular flexibility index (Phi) is 10.0. The SMILES string of the molecule is CC(=NCCCCCCCN=C(C)C1N=C(c2ccc(Cl)cc2)OC1=O)C1N=C(c2ccc(Cl)cc2)OC1=O. The summed E-state index contributed by atoms with van der Waals surface area (Å²) in [5, 5.41) is 1.21. The maximum Gasteiger partial charge on any atom is 0.343 e. The third-order valence-corrected chi connectivity index (χ3v) is 6.85. The van der Waals surface area contributed by atoms with Gasteiger partial charge in [0.2, 0.25) is 11.8 Å². The number of esters is 2. The van der Waals surface area contributed by atoms with Crippen molar-refractivity contribution < 1.29 is 19.1 Å². The number of nitrogens with zero attached hydrogens (tertiary/aromatic N) is 4. The molecule has 0 amide bonds. The highest BCUT2D eigenvalue weighted by molar-refractivity contribution is 6.31. The van der Waals surface area contributed by atoms with Gasteiger partial charge in [0.15, 0.2) is 12.1 Å². The number of carbonyl (C=O) groups excluding carboxylic acids is 2. The van der Waals surface area contributed by atoms with E-state index in [4.69, 9.17) is 32.7 Å². The quantitative estimate of drug-likeness (QED) is 0.180. The molecule has 0 spiro atoms. The van der Waals surface area contributed by atoms with Gasteiger partial charge in [-0.05, 0) is 75.2 Å². The van der Waals surface area contributed by atoms with Gasteiger partial charge in [-0.1, -0.05) is 42.5 Å². The highest BCUT2D eigenvalue weighted by Gasteiger charge is 2.33. The van der Waals surface area contributed by atoms with Gasteiger partial charge in [-0.25, -0.2) is 19.6 Å². The van der Waals surface area contributed by atoms with Crippen LogP contribution >= 0.6 is 23.2 Å². The van der Waals surface area contributed by atoms with E-state index in [-0.39, 0.29) is 0 Å². The molecular formula is C29H30Cl2N4O4. The van der Waals surface area contributed by atoms with Crippen molar-refractivity contribution in [3.8, 4) is 0 Å². The molecule has 0 aliphatic carbocycles. The molecule has 0 saturated carbocycles. The molecule has 0 bridgehead atoms. The minimum Gasteiger partial charge on any atom is -0.405 e. The zero-order chi connectivity index (χ0) is 27.8. The average molecular weight is 569 g/mol. The number of unbranched alkanes of at least 4 members (excludes halogenated alkanes) is 4. The smallest absolute Gasteiger partial charge is 0.343 e. The lowest BCUT2D eigenvalue weighted by molar-refractivity contribution is -0.134. The van der Waals surface area contributed by atoms with Crippen molar-refractivity contribution in [3.63, 3.8) is 0 Å². The van der Waals surface area contributed by atoms with E-state index in [0.717, 1.165) is 32.1 Å². The van der Waals surface area contributed by atoms with Crippen LogP contribution in [0.5, 0.6) is 0 Å². The molecule has 0 radical (unpaired) electrons. The van der Waals surface area contributed by atoms with E-state index < -0.39 is 24.0 Å². The van der Waals surface area contributed by atoms with Crippen molar-refractivity contribution in [1.82, 2.24) is 0 Å². The van der Waals surface area contributed by atoms with Crippen LogP contribution in [0.1, 0.15) is 57.1 Å². The van der Waals surface area contributed by atoms with E-state index in [9.17, 15) is 9.59 Å². The number of rotatable bonds is 12. The summed E-state index contributed by atoms with van der Waals surface area (Å²) in [7, 11) is 0. The molecule has 2 aliphatic rings. The molecule has 0 fully saturated rings. The normalized spacial score (nSPS) is 19.6. The molecule has 39 heavy (non-hydrogen) atoms. The molecule has 8 nitrogen and oxygen atoms in total. The number of aliphatic imine (C=N–C) groups is 4. The zero-order valence-electron chi connectivity index (χ0n) is 21.9. The summed E-state index contributed by atoms with van der Waals surface area (Å²) in [6, 6.07) is 12.6. The lowest BCUT2D eigenvalue weighted by Gasteiger charge is -2.04. The Morgan fingerprint density at radius 3 is 1.41 bits per heavy atom. The van der Waals surface area contributed by atoms with Gasteiger partial charge in [0.25, 0.3) is 0 Å². The number of ether oxygens (including phenoxy) is 2. The first-order valence-corrected chi connectivity index (χ1v) is 13.7. The predicted octanol–water partition coefficient (Wildman–Crippen LogP) is 5.91. The minimum absolute atomic E-state index is 0.299.